The fourth-order valence-electron chi connectivity index (χ4n) is 2.23. The molecule has 1 fully saturated rings. The number of hydrogen-bond donors (Lipinski definition) is 1. The lowest BCUT2D eigenvalue weighted by atomic mass is 9.92. The Morgan fingerprint density at radius 3 is 2.65 bits per heavy atom. The van der Waals surface area contributed by atoms with E-state index in [9.17, 15) is 9.65 Å². The summed E-state index contributed by atoms with van der Waals surface area (Å²) in [5.41, 5.74) is -0.357. The van der Waals surface area contributed by atoms with E-state index in [2.05, 4.69) is 18.3 Å². The highest BCUT2D eigenvalue weighted by Gasteiger charge is 2.34. The minimum Gasteiger partial charge on any atom is -0.297 e. The molecule has 0 saturated heterocycles. The summed E-state index contributed by atoms with van der Waals surface area (Å²) in [4.78, 5) is 1.08. The number of benzene rings is 1. The van der Waals surface area contributed by atoms with Gasteiger partial charge in [0.05, 0.1) is 6.07 Å². The summed E-state index contributed by atoms with van der Waals surface area (Å²) in [6.07, 6.45) is 5.12. The molecule has 1 aromatic carbocycles. The van der Waals surface area contributed by atoms with Crippen LogP contribution in [0.15, 0.2) is 29.2 Å². The lowest BCUT2D eigenvalue weighted by Gasteiger charge is -2.26. The molecule has 1 atom stereocenters. The largest absolute Gasteiger partial charge is 0.297 e. The maximum Gasteiger partial charge on any atom is 0.123 e. The number of thioether (sulfide) groups is 1. The minimum atomic E-state index is -0.357. The average Bonchev–Trinajstić information content (AvgIpc) is 3.28. The van der Waals surface area contributed by atoms with Crippen molar-refractivity contribution < 1.29 is 4.39 Å². The number of nitrogens with zero attached hydrogens (tertiary/aromatic N) is 1. The van der Waals surface area contributed by atoms with Crippen molar-refractivity contribution in [3.8, 4) is 6.07 Å². The summed E-state index contributed by atoms with van der Waals surface area (Å²) in [5.74, 6) is 0.763. The molecule has 4 heteroatoms. The summed E-state index contributed by atoms with van der Waals surface area (Å²) < 4.78 is 12.8. The van der Waals surface area contributed by atoms with Crippen molar-refractivity contribution in [3.05, 3.63) is 30.1 Å². The second kappa shape index (κ2) is 7.10. The standard InChI is InChI=1S/C16H21FN2S/c1-2-16(12-18,19-14-6-7-14)10-3-11-20-15-8-4-13(17)5-9-15/h4-5,8-9,14,19H,2-3,6-7,10-11H2,1H3. The summed E-state index contributed by atoms with van der Waals surface area (Å²) in [6.45, 7) is 2.08. The van der Waals surface area contributed by atoms with E-state index >= 15 is 0 Å². The van der Waals surface area contributed by atoms with Crippen LogP contribution in [0.4, 0.5) is 4.39 Å². The second-order valence-corrected chi connectivity index (χ2v) is 6.54. The monoisotopic (exact) mass is 292 g/mol. The Balaban J connectivity index is 1.75. The summed E-state index contributed by atoms with van der Waals surface area (Å²) in [5, 5.41) is 12.9. The van der Waals surface area contributed by atoms with E-state index in [0.29, 0.717) is 6.04 Å². The molecule has 1 aliphatic carbocycles. The zero-order chi connectivity index (χ0) is 14.4. The predicted octanol–water partition coefficient (Wildman–Crippen LogP) is 4.12. The summed E-state index contributed by atoms with van der Waals surface area (Å²) in [7, 11) is 0. The van der Waals surface area contributed by atoms with Gasteiger partial charge in [-0.15, -0.1) is 11.8 Å². The second-order valence-electron chi connectivity index (χ2n) is 5.37. The van der Waals surface area contributed by atoms with Crippen molar-refractivity contribution in [1.82, 2.24) is 5.32 Å². The Kier molecular flexibility index (Phi) is 5.45. The molecule has 2 nitrogen and oxygen atoms in total. The maximum atomic E-state index is 12.8. The van der Waals surface area contributed by atoms with Crippen molar-refractivity contribution >= 4 is 11.8 Å². The quantitative estimate of drug-likeness (QED) is 0.578. The molecule has 1 saturated carbocycles. The lowest BCUT2D eigenvalue weighted by molar-refractivity contribution is 0.367. The highest BCUT2D eigenvalue weighted by Crippen LogP contribution is 2.28. The van der Waals surface area contributed by atoms with Gasteiger partial charge in [-0.2, -0.15) is 5.26 Å². The van der Waals surface area contributed by atoms with E-state index in [1.165, 1.54) is 25.0 Å². The van der Waals surface area contributed by atoms with Gasteiger partial charge in [0, 0.05) is 10.9 Å². The molecule has 0 aromatic heterocycles. The van der Waals surface area contributed by atoms with Gasteiger partial charge in [0.15, 0.2) is 0 Å². The first-order valence-electron chi connectivity index (χ1n) is 7.25. The Labute approximate surface area is 124 Å². The molecule has 0 bridgehead atoms. The molecular weight excluding hydrogens is 271 g/mol. The van der Waals surface area contributed by atoms with Gasteiger partial charge in [0.2, 0.25) is 0 Å². The molecule has 0 heterocycles. The van der Waals surface area contributed by atoms with Gasteiger partial charge in [-0.05, 0) is 62.1 Å². The normalized spacial score (nSPS) is 17.4. The van der Waals surface area contributed by atoms with Crippen LogP contribution in [0, 0.1) is 17.1 Å². The minimum absolute atomic E-state index is 0.197. The highest BCUT2D eigenvalue weighted by molar-refractivity contribution is 7.99. The van der Waals surface area contributed by atoms with Crippen molar-refractivity contribution in [1.29, 1.82) is 5.26 Å². The van der Waals surface area contributed by atoms with Crippen molar-refractivity contribution in [3.63, 3.8) is 0 Å². The third kappa shape index (κ3) is 4.50. The molecule has 1 aliphatic rings. The van der Waals surface area contributed by atoms with Crippen LogP contribution in [0.5, 0.6) is 0 Å². The van der Waals surface area contributed by atoms with Gasteiger partial charge in [-0.1, -0.05) is 6.92 Å². The van der Waals surface area contributed by atoms with E-state index in [1.54, 1.807) is 23.9 Å². The van der Waals surface area contributed by atoms with Crippen LogP contribution in [0.25, 0.3) is 0 Å². The third-order valence-electron chi connectivity index (χ3n) is 3.71. The zero-order valence-corrected chi connectivity index (χ0v) is 12.7. The van der Waals surface area contributed by atoms with E-state index in [-0.39, 0.29) is 11.4 Å². The number of halogens is 1. The molecule has 1 unspecified atom stereocenters. The number of hydrogen-bond acceptors (Lipinski definition) is 3. The Morgan fingerprint density at radius 1 is 1.40 bits per heavy atom. The lowest BCUT2D eigenvalue weighted by Crippen LogP contribution is -2.44. The summed E-state index contributed by atoms with van der Waals surface area (Å²) >= 11 is 1.72. The Bertz CT molecular complexity index is 464. The molecule has 0 amide bonds. The van der Waals surface area contributed by atoms with Crippen molar-refractivity contribution in [2.45, 2.75) is 55.5 Å². The van der Waals surface area contributed by atoms with Crippen molar-refractivity contribution in [2.24, 2.45) is 0 Å². The fourth-order valence-corrected chi connectivity index (χ4v) is 3.08. The van der Waals surface area contributed by atoms with Crippen LogP contribution >= 0.6 is 11.8 Å². The first-order chi connectivity index (χ1) is 9.67. The topological polar surface area (TPSA) is 35.8 Å². The average molecular weight is 292 g/mol. The zero-order valence-electron chi connectivity index (χ0n) is 11.9. The molecule has 1 aromatic rings. The maximum absolute atomic E-state index is 12.8. The van der Waals surface area contributed by atoms with E-state index in [4.69, 9.17) is 0 Å². The van der Waals surface area contributed by atoms with Gasteiger partial charge >= 0.3 is 0 Å². The molecule has 2 rings (SSSR count). The number of rotatable bonds is 8. The Morgan fingerprint density at radius 2 is 2.10 bits per heavy atom. The number of nitriles is 1. The first-order valence-corrected chi connectivity index (χ1v) is 8.23. The highest BCUT2D eigenvalue weighted by atomic mass is 32.2. The predicted molar refractivity (Wildman–Crippen MR) is 81.2 cm³/mol. The molecule has 0 radical (unpaired) electrons. The third-order valence-corrected chi connectivity index (χ3v) is 4.80. The van der Waals surface area contributed by atoms with Gasteiger partial charge < -0.3 is 0 Å². The van der Waals surface area contributed by atoms with Crippen LogP contribution in [0.3, 0.4) is 0 Å². The first kappa shape index (κ1) is 15.3. The molecule has 0 spiro atoms. The van der Waals surface area contributed by atoms with Gasteiger partial charge in [0.1, 0.15) is 11.4 Å². The van der Waals surface area contributed by atoms with Crippen LogP contribution in [-0.2, 0) is 0 Å². The van der Waals surface area contributed by atoms with Crippen LogP contribution < -0.4 is 5.32 Å². The summed E-state index contributed by atoms with van der Waals surface area (Å²) in [6, 6.07) is 9.62. The molecule has 108 valence electrons. The van der Waals surface area contributed by atoms with Gasteiger partial charge in [-0.3, -0.25) is 5.32 Å². The fraction of sp³-hybridized carbons (Fsp3) is 0.562. The van der Waals surface area contributed by atoms with Crippen LogP contribution in [-0.4, -0.2) is 17.3 Å². The molecule has 0 aliphatic heterocycles. The SMILES string of the molecule is CCC(C#N)(CCCSc1ccc(F)cc1)NC1CC1. The van der Waals surface area contributed by atoms with Gasteiger partial charge in [-0.25, -0.2) is 4.39 Å². The molecular formula is C16H21FN2S. The van der Waals surface area contributed by atoms with E-state index in [0.717, 1.165) is 29.9 Å². The van der Waals surface area contributed by atoms with Gasteiger partial charge in [0.25, 0.3) is 0 Å². The van der Waals surface area contributed by atoms with Crippen molar-refractivity contribution in [2.75, 3.05) is 5.75 Å². The molecule has 1 N–H and O–H groups in total. The Hall–Kier alpha value is -1.05. The molecule has 20 heavy (non-hydrogen) atoms. The van der Waals surface area contributed by atoms with E-state index < -0.39 is 0 Å². The van der Waals surface area contributed by atoms with Crippen LogP contribution in [0.1, 0.15) is 39.0 Å². The number of nitrogens with one attached hydrogen (secondary N) is 1. The smallest absolute Gasteiger partial charge is 0.123 e. The van der Waals surface area contributed by atoms with Crippen LogP contribution in [0.2, 0.25) is 0 Å². The van der Waals surface area contributed by atoms with E-state index in [1.807, 2.05) is 0 Å².